The second kappa shape index (κ2) is 8.54. The monoisotopic (exact) mass is 444 g/mol. The Hall–Kier alpha value is -2.39. The van der Waals surface area contributed by atoms with Crippen LogP contribution in [0.2, 0.25) is 5.02 Å². The van der Waals surface area contributed by atoms with Gasteiger partial charge in [0.05, 0.1) is 16.3 Å². The number of phenols is 1. The number of hydrogen-bond donors (Lipinski definition) is 2. The number of piperidine rings is 1. The molecule has 10 heteroatoms. The van der Waals surface area contributed by atoms with Gasteiger partial charge in [-0.2, -0.15) is 8.78 Å². The van der Waals surface area contributed by atoms with Gasteiger partial charge in [0, 0.05) is 24.0 Å². The number of nitrogens with one attached hydrogen (secondary N) is 1. The lowest BCUT2D eigenvalue weighted by atomic mass is 9.95. The summed E-state index contributed by atoms with van der Waals surface area (Å²) in [4.78, 5) is 13.8. The molecule has 0 radical (unpaired) electrons. The smallest absolute Gasteiger partial charge is 0.341 e. The molecule has 1 heterocycles. The van der Waals surface area contributed by atoms with Crippen molar-refractivity contribution in [1.82, 2.24) is 0 Å². The first-order valence-corrected chi connectivity index (χ1v) is 10.8. The Morgan fingerprint density at radius 3 is 2.48 bits per heavy atom. The Kier molecular flexibility index (Phi) is 6.28. The van der Waals surface area contributed by atoms with Gasteiger partial charge in [0.2, 0.25) is 15.7 Å². The maximum absolute atomic E-state index is 13.0. The van der Waals surface area contributed by atoms with Crippen molar-refractivity contribution in [2.75, 3.05) is 23.3 Å². The van der Waals surface area contributed by atoms with Crippen molar-refractivity contribution >= 4 is 38.7 Å². The highest BCUT2D eigenvalue weighted by molar-refractivity contribution is 7.91. The molecule has 3 rings (SSSR count). The summed E-state index contributed by atoms with van der Waals surface area (Å²) in [5.41, 5.74) is 0.414. The third-order valence-corrected chi connectivity index (χ3v) is 6.49. The minimum atomic E-state index is -4.73. The average Bonchev–Trinajstić information content (AvgIpc) is 2.70. The number of alkyl halides is 2. The van der Waals surface area contributed by atoms with Crippen LogP contribution in [0.25, 0.3) is 0 Å². The maximum atomic E-state index is 13.0. The second-order valence-corrected chi connectivity index (χ2v) is 9.01. The highest BCUT2D eigenvalue weighted by Gasteiger charge is 2.32. The predicted molar refractivity (Wildman–Crippen MR) is 106 cm³/mol. The van der Waals surface area contributed by atoms with Crippen LogP contribution in [0.15, 0.2) is 47.4 Å². The topological polar surface area (TPSA) is 86.7 Å². The largest absolute Gasteiger partial charge is 0.506 e. The third kappa shape index (κ3) is 4.62. The molecule has 1 amide bonds. The summed E-state index contributed by atoms with van der Waals surface area (Å²) in [7, 11) is -4.73. The Balaban J connectivity index is 1.70. The number of nitrogens with zero attached hydrogens (tertiary/aromatic N) is 1. The maximum Gasteiger partial charge on any atom is 0.341 e. The van der Waals surface area contributed by atoms with E-state index in [1.54, 1.807) is 11.0 Å². The van der Waals surface area contributed by atoms with Crippen molar-refractivity contribution in [1.29, 1.82) is 0 Å². The lowest BCUT2D eigenvalue weighted by Crippen LogP contribution is -2.39. The highest BCUT2D eigenvalue weighted by atomic mass is 35.5. The summed E-state index contributed by atoms with van der Waals surface area (Å²) < 4.78 is 49.9. The van der Waals surface area contributed by atoms with E-state index in [-0.39, 0.29) is 28.9 Å². The summed E-state index contributed by atoms with van der Waals surface area (Å²) in [6.45, 7) is 0.658. The Morgan fingerprint density at radius 2 is 1.83 bits per heavy atom. The zero-order chi connectivity index (χ0) is 21.2. The molecule has 29 heavy (non-hydrogen) atoms. The quantitative estimate of drug-likeness (QED) is 0.683. The molecule has 0 aliphatic carbocycles. The number of aromatic hydroxyl groups is 1. The number of amides is 1. The molecule has 2 aromatic carbocycles. The van der Waals surface area contributed by atoms with Crippen molar-refractivity contribution in [3.8, 4) is 5.75 Å². The normalized spacial score (nSPS) is 15.5. The highest BCUT2D eigenvalue weighted by Crippen LogP contribution is 2.33. The average molecular weight is 445 g/mol. The van der Waals surface area contributed by atoms with Crippen LogP contribution in [-0.4, -0.2) is 38.3 Å². The number of hydrogen-bond acceptors (Lipinski definition) is 5. The molecule has 1 aliphatic rings. The van der Waals surface area contributed by atoms with E-state index in [1.807, 2.05) is 0 Å². The van der Waals surface area contributed by atoms with E-state index in [0.717, 1.165) is 6.07 Å². The van der Waals surface area contributed by atoms with E-state index in [4.69, 9.17) is 11.6 Å². The molecule has 156 valence electrons. The van der Waals surface area contributed by atoms with Crippen molar-refractivity contribution in [3.63, 3.8) is 0 Å². The number of carbonyl (C=O) groups excluding carboxylic acids is 1. The number of phenolic OH excluding ortho intramolecular Hbond substituents is 1. The standard InChI is InChI=1S/C19H19ClF2N2O4S/c20-13-5-6-16(25)14(11-13)23-18(26)12-7-9-24(10-8-12)15-3-1-2-4-17(15)29(27,28)19(21)22/h1-6,11-12,19,25H,7-10H2,(H,23,26). The van der Waals surface area contributed by atoms with Crippen molar-refractivity contribution in [3.05, 3.63) is 47.5 Å². The molecule has 1 fully saturated rings. The van der Waals surface area contributed by atoms with Gasteiger partial charge in [0.25, 0.3) is 0 Å². The van der Waals surface area contributed by atoms with Gasteiger partial charge in [0.1, 0.15) is 5.75 Å². The van der Waals surface area contributed by atoms with E-state index >= 15 is 0 Å². The molecule has 0 saturated carbocycles. The Morgan fingerprint density at radius 1 is 1.17 bits per heavy atom. The van der Waals surface area contributed by atoms with Crippen LogP contribution in [-0.2, 0) is 14.6 Å². The predicted octanol–water partition coefficient (Wildman–Crippen LogP) is 3.90. The van der Waals surface area contributed by atoms with Gasteiger partial charge in [-0.15, -0.1) is 0 Å². The number of sulfone groups is 1. The van der Waals surface area contributed by atoms with Gasteiger partial charge in [0.15, 0.2) is 0 Å². The van der Waals surface area contributed by atoms with E-state index < -0.39 is 20.5 Å². The van der Waals surface area contributed by atoms with Crippen molar-refractivity contribution < 1.29 is 27.1 Å². The summed E-state index contributed by atoms with van der Waals surface area (Å²) in [5.74, 6) is -4.28. The number of rotatable bonds is 5. The van der Waals surface area contributed by atoms with Crippen LogP contribution >= 0.6 is 11.6 Å². The zero-order valence-electron chi connectivity index (χ0n) is 15.2. The van der Waals surface area contributed by atoms with E-state index in [1.165, 1.54) is 30.3 Å². The minimum Gasteiger partial charge on any atom is -0.506 e. The molecular weight excluding hydrogens is 426 g/mol. The number of halogens is 3. The van der Waals surface area contributed by atoms with Gasteiger partial charge < -0.3 is 15.3 Å². The Labute approximate surface area is 172 Å². The van der Waals surface area contributed by atoms with Crippen LogP contribution in [0.3, 0.4) is 0 Å². The van der Waals surface area contributed by atoms with E-state index in [9.17, 15) is 27.1 Å². The summed E-state index contributed by atoms with van der Waals surface area (Å²) in [6.07, 6.45) is 0.798. The minimum absolute atomic E-state index is 0.105. The number of anilines is 2. The first-order valence-electron chi connectivity index (χ1n) is 8.85. The molecule has 6 nitrogen and oxygen atoms in total. The molecule has 1 aliphatic heterocycles. The second-order valence-electron chi connectivity index (χ2n) is 6.69. The van der Waals surface area contributed by atoms with Crippen LogP contribution in [0.4, 0.5) is 20.2 Å². The summed E-state index contributed by atoms with van der Waals surface area (Å²) >= 11 is 5.88. The van der Waals surface area contributed by atoms with Gasteiger partial charge in [-0.3, -0.25) is 4.79 Å². The zero-order valence-corrected chi connectivity index (χ0v) is 16.8. The number of para-hydroxylation sites is 1. The number of carbonyl (C=O) groups is 1. The Bertz CT molecular complexity index is 1010. The van der Waals surface area contributed by atoms with Crippen LogP contribution in [0.5, 0.6) is 5.75 Å². The third-order valence-electron chi connectivity index (χ3n) is 4.83. The van der Waals surface area contributed by atoms with Crippen LogP contribution in [0.1, 0.15) is 12.8 Å². The van der Waals surface area contributed by atoms with E-state index in [2.05, 4.69) is 5.32 Å². The van der Waals surface area contributed by atoms with Gasteiger partial charge in [-0.1, -0.05) is 23.7 Å². The molecule has 0 atom stereocenters. The molecule has 0 unspecified atom stereocenters. The van der Waals surface area contributed by atoms with Crippen LogP contribution in [0, 0.1) is 5.92 Å². The molecular formula is C19H19ClF2N2O4S. The molecule has 0 spiro atoms. The SMILES string of the molecule is O=C(Nc1cc(Cl)ccc1O)C1CCN(c2ccccc2S(=O)(=O)C(F)F)CC1. The first kappa shape index (κ1) is 21.3. The van der Waals surface area contributed by atoms with E-state index in [0.29, 0.717) is 31.0 Å². The summed E-state index contributed by atoms with van der Waals surface area (Å²) in [5, 5.41) is 12.8. The fourth-order valence-corrected chi connectivity index (χ4v) is 4.40. The fourth-order valence-electron chi connectivity index (χ4n) is 3.28. The van der Waals surface area contributed by atoms with Crippen molar-refractivity contribution in [2.24, 2.45) is 5.92 Å². The molecule has 2 N–H and O–H groups in total. The first-order chi connectivity index (χ1) is 13.7. The molecule has 0 aromatic heterocycles. The lowest BCUT2D eigenvalue weighted by Gasteiger charge is -2.34. The van der Waals surface area contributed by atoms with Crippen molar-refractivity contribution in [2.45, 2.75) is 23.5 Å². The van der Waals surface area contributed by atoms with Crippen LogP contribution < -0.4 is 10.2 Å². The summed E-state index contributed by atoms with van der Waals surface area (Å²) in [6, 6.07) is 9.94. The van der Waals surface area contributed by atoms with Gasteiger partial charge >= 0.3 is 5.76 Å². The fraction of sp³-hybridized carbons (Fsp3) is 0.316. The lowest BCUT2D eigenvalue weighted by molar-refractivity contribution is -0.120. The molecule has 1 saturated heterocycles. The van der Waals surface area contributed by atoms with Gasteiger partial charge in [-0.25, -0.2) is 8.42 Å². The molecule has 2 aromatic rings. The molecule has 0 bridgehead atoms. The van der Waals surface area contributed by atoms with Gasteiger partial charge in [-0.05, 0) is 43.2 Å². The number of benzene rings is 2.